The molecule has 6 heteroatoms. The second-order valence-corrected chi connectivity index (χ2v) is 4.76. The van der Waals surface area contributed by atoms with Gasteiger partial charge < -0.3 is 14.6 Å². The Labute approximate surface area is 111 Å². The second-order valence-electron chi connectivity index (χ2n) is 3.84. The molecule has 0 fully saturated rings. The van der Waals surface area contributed by atoms with E-state index in [0.717, 1.165) is 18.7 Å². The Bertz CT molecular complexity index is 359. The van der Waals surface area contributed by atoms with Gasteiger partial charge in [0.1, 0.15) is 4.88 Å². The molecule has 0 bridgehead atoms. The molecule has 1 aromatic rings. The molecule has 0 saturated heterocycles. The van der Waals surface area contributed by atoms with Crippen LogP contribution in [0, 0.1) is 0 Å². The van der Waals surface area contributed by atoms with Crippen molar-refractivity contribution in [2.75, 3.05) is 40.5 Å². The van der Waals surface area contributed by atoms with E-state index in [1.54, 1.807) is 14.2 Å². The molecule has 0 spiro atoms. The first-order valence-corrected chi connectivity index (χ1v) is 6.57. The molecule has 0 amide bonds. The van der Waals surface area contributed by atoms with Gasteiger partial charge in [-0.15, -0.1) is 11.3 Å². The van der Waals surface area contributed by atoms with Gasteiger partial charge in [0, 0.05) is 33.9 Å². The van der Waals surface area contributed by atoms with Gasteiger partial charge in [-0.1, -0.05) is 0 Å². The smallest absolute Gasteiger partial charge is 0.346 e. The SMILES string of the molecule is COCCN(CCOC)Cc1ccsc1C(=O)O. The summed E-state index contributed by atoms with van der Waals surface area (Å²) in [4.78, 5) is 13.6. The van der Waals surface area contributed by atoms with Gasteiger partial charge in [-0.25, -0.2) is 4.79 Å². The van der Waals surface area contributed by atoms with E-state index in [1.807, 2.05) is 11.4 Å². The maximum Gasteiger partial charge on any atom is 0.346 e. The minimum atomic E-state index is -0.863. The fourth-order valence-electron chi connectivity index (χ4n) is 1.60. The summed E-state index contributed by atoms with van der Waals surface area (Å²) in [5.74, 6) is -0.863. The van der Waals surface area contributed by atoms with Crippen molar-refractivity contribution in [1.29, 1.82) is 0 Å². The molecule has 0 radical (unpaired) electrons. The first-order valence-electron chi connectivity index (χ1n) is 5.69. The average molecular weight is 273 g/mol. The summed E-state index contributed by atoms with van der Waals surface area (Å²) < 4.78 is 10.1. The fraction of sp³-hybridized carbons (Fsp3) is 0.583. The number of rotatable bonds is 9. The Morgan fingerprint density at radius 3 is 2.44 bits per heavy atom. The first-order chi connectivity index (χ1) is 8.69. The molecule has 102 valence electrons. The number of hydrogen-bond donors (Lipinski definition) is 1. The van der Waals surface area contributed by atoms with Gasteiger partial charge in [-0.3, -0.25) is 4.90 Å². The number of aromatic carboxylic acids is 1. The van der Waals surface area contributed by atoms with Crippen molar-refractivity contribution in [3.8, 4) is 0 Å². The molecule has 0 unspecified atom stereocenters. The lowest BCUT2D eigenvalue weighted by Crippen LogP contribution is -2.30. The summed E-state index contributed by atoms with van der Waals surface area (Å²) in [7, 11) is 3.31. The van der Waals surface area contributed by atoms with Crippen molar-refractivity contribution in [1.82, 2.24) is 4.90 Å². The highest BCUT2D eigenvalue weighted by Crippen LogP contribution is 2.18. The molecular weight excluding hydrogens is 254 g/mol. The molecule has 5 nitrogen and oxygen atoms in total. The molecule has 0 atom stereocenters. The number of carboxylic acid groups (broad SMARTS) is 1. The lowest BCUT2D eigenvalue weighted by atomic mass is 10.2. The van der Waals surface area contributed by atoms with Crippen molar-refractivity contribution in [3.05, 3.63) is 21.9 Å². The molecule has 0 saturated carbocycles. The number of carbonyl (C=O) groups is 1. The van der Waals surface area contributed by atoms with Gasteiger partial charge in [0.25, 0.3) is 0 Å². The summed E-state index contributed by atoms with van der Waals surface area (Å²) >= 11 is 1.26. The number of carboxylic acids is 1. The van der Waals surface area contributed by atoms with Crippen LogP contribution in [0.25, 0.3) is 0 Å². The largest absolute Gasteiger partial charge is 0.477 e. The van der Waals surface area contributed by atoms with Crippen LogP contribution in [0.15, 0.2) is 11.4 Å². The Hall–Kier alpha value is -0.950. The van der Waals surface area contributed by atoms with E-state index in [-0.39, 0.29) is 0 Å². The Balaban J connectivity index is 2.62. The normalized spacial score (nSPS) is 11.1. The van der Waals surface area contributed by atoms with E-state index in [1.165, 1.54) is 11.3 Å². The number of hydrogen-bond acceptors (Lipinski definition) is 5. The third-order valence-corrected chi connectivity index (χ3v) is 3.50. The topological polar surface area (TPSA) is 59.0 Å². The quantitative estimate of drug-likeness (QED) is 0.739. The van der Waals surface area contributed by atoms with Gasteiger partial charge in [-0.05, 0) is 17.0 Å². The maximum atomic E-state index is 11.0. The molecule has 0 aliphatic heterocycles. The molecule has 18 heavy (non-hydrogen) atoms. The summed E-state index contributed by atoms with van der Waals surface area (Å²) in [6, 6.07) is 1.86. The van der Waals surface area contributed by atoms with E-state index >= 15 is 0 Å². The number of ether oxygens (including phenoxy) is 2. The van der Waals surface area contributed by atoms with E-state index in [0.29, 0.717) is 24.6 Å². The molecule has 1 N–H and O–H groups in total. The minimum absolute atomic E-state index is 0.412. The molecule has 1 rings (SSSR count). The standard InChI is InChI=1S/C12H19NO4S/c1-16-6-4-13(5-7-17-2)9-10-3-8-18-11(10)12(14)15/h3,8H,4-7,9H2,1-2H3,(H,14,15). The van der Waals surface area contributed by atoms with E-state index in [9.17, 15) is 4.79 Å². The molecule has 1 aromatic heterocycles. The second kappa shape index (κ2) is 8.20. The Morgan fingerprint density at radius 2 is 1.94 bits per heavy atom. The zero-order valence-corrected chi connectivity index (χ0v) is 11.5. The van der Waals surface area contributed by atoms with E-state index < -0.39 is 5.97 Å². The van der Waals surface area contributed by atoms with Crippen molar-refractivity contribution in [2.45, 2.75) is 6.54 Å². The van der Waals surface area contributed by atoms with Crippen molar-refractivity contribution < 1.29 is 19.4 Å². The number of thiophene rings is 1. The minimum Gasteiger partial charge on any atom is -0.477 e. The molecule has 1 heterocycles. The molecule has 0 aliphatic rings. The van der Waals surface area contributed by atoms with Crippen LogP contribution in [-0.2, 0) is 16.0 Å². The van der Waals surface area contributed by atoms with Crippen LogP contribution >= 0.6 is 11.3 Å². The third kappa shape index (κ3) is 4.73. The monoisotopic (exact) mass is 273 g/mol. The summed E-state index contributed by atoms with van der Waals surface area (Å²) in [5.41, 5.74) is 0.847. The first kappa shape index (κ1) is 15.1. The van der Waals surface area contributed by atoms with Crippen LogP contribution in [-0.4, -0.2) is 56.5 Å². The number of methoxy groups -OCH3 is 2. The highest BCUT2D eigenvalue weighted by Gasteiger charge is 2.14. The fourth-order valence-corrected chi connectivity index (χ4v) is 2.35. The third-order valence-electron chi connectivity index (χ3n) is 2.56. The predicted octanol–water partition coefficient (Wildman–Crippen LogP) is 1.54. The van der Waals surface area contributed by atoms with Crippen LogP contribution in [0.2, 0.25) is 0 Å². The summed E-state index contributed by atoms with van der Waals surface area (Å²) in [5, 5.41) is 10.9. The van der Waals surface area contributed by atoms with E-state index in [2.05, 4.69) is 4.90 Å². The van der Waals surface area contributed by atoms with Crippen molar-refractivity contribution >= 4 is 17.3 Å². The van der Waals surface area contributed by atoms with E-state index in [4.69, 9.17) is 14.6 Å². The summed E-state index contributed by atoms with van der Waals surface area (Å²) in [6.07, 6.45) is 0. The molecule has 0 aliphatic carbocycles. The van der Waals surface area contributed by atoms with Gasteiger partial charge >= 0.3 is 5.97 Å². The van der Waals surface area contributed by atoms with Crippen LogP contribution in [0.3, 0.4) is 0 Å². The Kier molecular flexibility index (Phi) is 6.89. The highest BCUT2D eigenvalue weighted by molar-refractivity contribution is 7.12. The Morgan fingerprint density at radius 1 is 1.33 bits per heavy atom. The van der Waals surface area contributed by atoms with Gasteiger partial charge in [0.2, 0.25) is 0 Å². The predicted molar refractivity (Wildman–Crippen MR) is 70.3 cm³/mol. The van der Waals surface area contributed by atoms with Crippen LogP contribution in [0.5, 0.6) is 0 Å². The molecular formula is C12H19NO4S. The zero-order valence-electron chi connectivity index (χ0n) is 10.7. The van der Waals surface area contributed by atoms with Crippen LogP contribution < -0.4 is 0 Å². The average Bonchev–Trinajstić information content (AvgIpc) is 2.80. The highest BCUT2D eigenvalue weighted by atomic mass is 32.1. The van der Waals surface area contributed by atoms with Crippen molar-refractivity contribution in [2.24, 2.45) is 0 Å². The zero-order chi connectivity index (χ0) is 13.4. The van der Waals surface area contributed by atoms with Gasteiger partial charge in [0.15, 0.2) is 0 Å². The van der Waals surface area contributed by atoms with Crippen molar-refractivity contribution in [3.63, 3.8) is 0 Å². The number of nitrogens with zero attached hydrogens (tertiary/aromatic N) is 1. The van der Waals surface area contributed by atoms with Gasteiger partial charge in [-0.2, -0.15) is 0 Å². The van der Waals surface area contributed by atoms with Crippen LogP contribution in [0.1, 0.15) is 15.2 Å². The molecule has 0 aromatic carbocycles. The van der Waals surface area contributed by atoms with Gasteiger partial charge in [0.05, 0.1) is 13.2 Å². The lowest BCUT2D eigenvalue weighted by Gasteiger charge is -2.21. The maximum absolute atomic E-state index is 11.0. The summed E-state index contributed by atoms with van der Waals surface area (Å²) in [6.45, 7) is 3.37. The van der Waals surface area contributed by atoms with Crippen LogP contribution in [0.4, 0.5) is 0 Å². The lowest BCUT2D eigenvalue weighted by molar-refractivity contribution is 0.0698.